The summed E-state index contributed by atoms with van der Waals surface area (Å²) in [5.41, 5.74) is 0. The Hall–Kier alpha value is -1.60. The van der Waals surface area contributed by atoms with Gasteiger partial charge in [0.05, 0.1) is 11.5 Å². The minimum absolute atomic E-state index is 0.278. The van der Waals surface area contributed by atoms with Crippen LogP contribution in [0.1, 0.15) is 11.3 Å². The van der Waals surface area contributed by atoms with Gasteiger partial charge in [0.15, 0.2) is 15.0 Å². The number of thiazole rings is 1. The van der Waals surface area contributed by atoms with E-state index in [-0.39, 0.29) is 4.90 Å². The van der Waals surface area contributed by atoms with E-state index >= 15 is 0 Å². The van der Waals surface area contributed by atoms with Crippen molar-refractivity contribution in [3.8, 4) is 5.75 Å². The Labute approximate surface area is 135 Å². The van der Waals surface area contributed by atoms with Crippen molar-refractivity contribution in [1.29, 1.82) is 0 Å². The molecule has 0 spiro atoms. The maximum Gasteiger partial charge on any atom is 0.185 e. The van der Waals surface area contributed by atoms with Gasteiger partial charge in [0.25, 0.3) is 0 Å². The van der Waals surface area contributed by atoms with Crippen LogP contribution in [0.3, 0.4) is 0 Å². The van der Waals surface area contributed by atoms with Crippen LogP contribution in [0.15, 0.2) is 35.4 Å². The zero-order valence-electron chi connectivity index (χ0n) is 12.9. The van der Waals surface area contributed by atoms with E-state index in [4.69, 9.17) is 4.74 Å². The summed E-state index contributed by atoms with van der Waals surface area (Å²) in [7, 11) is -1.20. The minimum Gasteiger partial charge on any atom is -0.493 e. The molecule has 0 saturated heterocycles. The summed E-state index contributed by atoms with van der Waals surface area (Å²) in [6, 6.07) is 6.59. The molecule has 0 amide bonds. The predicted octanol–water partition coefficient (Wildman–Crippen LogP) is 2.76. The van der Waals surface area contributed by atoms with Crippen molar-refractivity contribution in [2.24, 2.45) is 0 Å². The Kier molecular flexibility index (Phi) is 5.42. The first kappa shape index (κ1) is 16.8. The lowest BCUT2D eigenvalue weighted by molar-refractivity contribution is 0.312. The molecule has 22 heavy (non-hydrogen) atoms. The number of hydrogen-bond acceptors (Lipinski definition) is 6. The van der Waals surface area contributed by atoms with Gasteiger partial charge in [0.1, 0.15) is 5.75 Å². The van der Waals surface area contributed by atoms with Crippen molar-refractivity contribution in [3.05, 3.63) is 35.3 Å². The molecular weight excluding hydrogens is 320 g/mol. The van der Waals surface area contributed by atoms with Gasteiger partial charge in [0, 0.05) is 30.9 Å². The molecule has 0 aliphatic heterocycles. The number of sulfone groups is 1. The summed E-state index contributed by atoms with van der Waals surface area (Å²) in [5, 5.41) is 0.997. The Morgan fingerprint density at radius 1 is 1.36 bits per heavy atom. The lowest BCUT2D eigenvalue weighted by Gasteiger charge is -2.15. The van der Waals surface area contributed by atoms with Gasteiger partial charge in [-0.15, -0.1) is 11.3 Å². The lowest BCUT2D eigenvalue weighted by Crippen LogP contribution is -2.20. The Balaban J connectivity index is 1.82. The fourth-order valence-corrected chi connectivity index (χ4v) is 3.30. The quantitative estimate of drug-likeness (QED) is 0.725. The number of aryl methyl sites for hydroxylation is 1. The van der Waals surface area contributed by atoms with E-state index in [0.29, 0.717) is 12.4 Å². The van der Waals surface area contributed by atoms with Gasteiger partial charge < -0.3 is 9.64 Å². The second-order valence-electron chi connectivity index (χ2n) is 5.12. The maximum atomic E-state index is 11.5. The molecule has 7 heteroatoms. The van der Waals surface area contributed by atoms with Crippen molar-refractivity contribution in [3.63, 3.8) is 0 Å². The van der Waals surface area contributed by atoms with Gasteiger partial charge in [-0.2, -0.15) is 0 Å². The van der Waals surface area contributed by atoms with Gasteiger partial charge >= 0.3 is 0 Å². The highest BCUT2D eigenvalue weighted by atomic mass is 32.2. The molecule has 1 aromatic heterocycles. The third-order valence-electron chi connectivity index (χ3n) is 3.08. The van der Waals surface area contributed by atoms with E-state index in [1.807, 2.05) is 20.2 Å². The number of benzene rings is 1. The number of aromatic nitrogens is 1. The summed E-state index contributed by atoms with van der Waals surface area (Å²) >= 11 is 1.66. The monoisotopic (exact) mass is 340 g/mol. The fraction of sp³-hybridized carbons (Fsp3) is 0.400. The van der Waals surface area contributed by atoms with Crippen molar-refractivity contribution >= 4 is 26.3 Å². The van der Waals surface area contributed by atoms with Crippen molar-refractivity contribution < 1.29 is 13.2 Å². The molecule has 0 unspecified atom stereocenters. The highest BCUT2D eigenvalue weighted by Gasteiger charge is 2.08. The predicted molar refractivity (Wildman–Crippen MR) is 89.8 cm³/mol. The van der Waals surface area contributed by atoms with Gasteiger partial charge in [-0.3, -0.25) is 0 Å². The Morgan fingerprint density at radius 2 is 2.14 bits per heavy atom. The van der Waals surface area contributed by atoms with E-state index in [0.717, 1.165) is 18.1 Å². The van der Waals surface area contributed by atoms with Crippen LogP contribution in [0, 0.1) is 6.92 Å². The van der Waals surface area contributed by atoms with Crippen molar-refractivity contribution in [1.82, 2.24) is 4.98 Å². The molecule has 2 aromatic rings. The molecule has 1 heterocycles. The summed E-state index contributed by atoms with van der Waals surface area (Å²) in [6.45, 7) is 3.40. The second kappa shape index (κ2) is 7.11. The molecule has 0 bridgehead atoms. The van der Waals surface area contributed by atoms with Crippen LogP contribution in [0.25, 0.3) is 0 Å². The lowest BCUT2D eigenvalue weighted by atomic mass is 10.3. The van der Waals surface area contributed by atoms with E-state index in [1.54, 1.807) is 35.6 Å². The highest BCUT2D eigenvalue weighted by molar-refractivity contribution is 7.90. The molecule has 0 atom stereocenters. The van der Waals surface area contributed by atoms with Crippen molar-refractivity contribution in [2.75, 3.05) is 31.4 Å². The fourth-order valence-electron chi connectivity index (χ4n) is 1.90. The molecule has 5 nitrogen and oxygen atoms in total. The molecular formula is C15H20N2O3S2. The Bertz CT molecular complexity index is 726. The molecule has 0 radical (unpaired) electrons. The number of ether oxygens (including phenoxy) is 1. The highest BCUT2D eigenvalue weighted by Crippen LogP contribution is 2.21. The SMILES string of the molecule is Cc1cnc(N(C)CCCOc2cccc(S(C)(=O)=O)c2)s1. The van der Waals surface area contributed by atoms with Crippen LogP contribution in [0.4, 0.5) is 5.13 Å². The number of hydrogen-bond donors (Lipinski definition) is 0. The van der Waals surface area contributed by atoms with Crippen molar-refractivity contribution in [2.45, 2.75) is 18.2 Å². The summed E-state index contributed by atoms with van der Waals surface area (Å²) in [4.78, 5) is 7.89. The number of nitrogens with zero attached hydrogens (tertiary/aromatic N) is 2. The smallest absolute Gasteiger partial charge is 0.185 e. The van der Waals surface area contributed by atoms with Crippen LogP contribution in [-0.4, -0.2) is 39.9 Å². The molecule has 0 N–H and O–H groups in total. The average Bonchev–Trinajstić information content (AvgIpc) is 2.89. The van der Waals surface area contributed by atoms with Gasteiger partial charge in [0.2, 0.25) is 0 Å². The first-order chi connectivity index (χ1) is 10.4. The largest absolute Gasteiger partial charge is 0.493 e. The number of anilines is 1. The first-order valence-electron chi connectivity index (χ1n) is 6.93. The second-order valence-corrected chi connectivity index (χ2v) is 8.35. The molecule has 0 aliphatic carbocycles. The van der Waals surface area contributed by atoms with Crippen LogP contribution in [-0.2, 0) is 9.84 Å². The minimum atomic E-state index is -3.20. The van der Waals surface area contributed by atoms with E-state index in [9.17, 15) is 8.42 Å². The summed E-state index contributed by atoms with van der Waals surface area (Å²) < 4.78 is 28.6. The van der Waals surface area contributed by atoms with Crippen LogP contribution < -0.4 is 9.64 Å². The standard InChI is InChI=1S/C15H20N2O3S2/c1-12-11-16-15(21-12)17(2)8-5-9-20-13-6-4-7-14(10-13)22(3,18)19/h4,6-7,10-11H,5,8-9H2,1-3H3. The van der Waals surface area contributed by atoms with E-state index in [2.05, 4.69) is 9.88 Å². The third kappa shape index (κ3) is 4.71. The van der Waals surface area contributed by atoms with Crippen LogP contribution in [0.2, 0.25) is 0 Å². The van der Waals surface area contributed by atoms with Crippen LogP contribution >= 0.6 is 11.3 Å². The van der Waals surface area contributed by atoms with Crippen LogP contribution in [0.5, 0.6) is 5.75 Å². The normalized spacial score (nSPS) is 11.4. The van der Waals surface area contributed by atoms with Gasteiger partial charge in [-0.1, -0.05) is 6.07 Å². The maximum absolute atomic E-state index is 11.5. The molecule has 120 valence electrons. The zero-order chi connectivity index (χ0) is 16.2. The Morgan fingerprint density at radius 3 is 2.77 bits per heavy atom. The molecule has 0 saturated carbocycles. The topological polar surface area (TPSA) is 59.5 Å². The number of rotatable bonds is 7. The zero-order valence-corrected chi connectivity index (χ0v) is 14.6. The first-order valence-corrected chi connectivity index (χ1v) is 9.63. The molecule has 0 aliphatic rings. The average molecular weight is 340 g/mol. The molecule has 1 aromatic carbocycles. The van der Waals surface area contributed by atoms with Gasteiger partial charge in [-0.05, 0) is 31.5 Å². The third-order valence-corrected chi connectivity index (χ3v) is 5.21. The molecule has 2 rings (SSSR count). The summed E-state index contributed by atoms with van der Waals surface area (Å²) in [5.74, 6) is 0.579. The summed E-state index contributed by atoms with van der Waals surface area (Å²) in [6.07, 6.45) is 3.89. The van der Waals surface area contributed by atoms with Gasteiger partial charge in [-0.25, -0.2) is 13.4 Å². The van der Waals surface area contributed by atoms with E-state index < -0.39 is 9.84 Å². The molecule has 0 fully saturated rings. The van der Waals surface area contributed by atoms with E-state index in [1.165, 1.54) is 11.1 Å².